The van der Waals surface area contributed by atoms with Gasteiger partial charge in [-0.05, 0) is 25.7 Å². The van der Waals surface area contributed by atoms with Crippen LogP contribution in [-0.2, 0) is 29.9 Å². The van der Waals surface area contributed by atoms with Crippen LogP contribution < -0.4 is 10.2 Å². The van der Waals surface area contributed by atoms with E-state index in [0.29, 0.717) is 0 Å². The minimum atomic E-state index is 0. The fourth-order valence-corrected chi connectivity index (χ4v) is 3.97. The summed E-state index contributed by atoms with van der Waals surface area (Å²) in [6.07, 6.45) is 20.2. The second-order valence-corrected chi connectivity index (χ2v) is 8.96. The smallest absolute Gasteiger partial charge is 0.872 e. The third-order valence-electron chi connectivity index (χ3n) is 6.04. The molecule has 0 atom stereocenters. The topological polar surface area (TPSA) is 46.1 Å². The molecule has 189 valence electrons. The molecule has 0 bridgehead atoms. The number of hydrogen-bond acceptors (Lipinski definition) is 2. The molecule has 0 fully saturated rings. The molecule has 0 saturated carbocycles. The van der Waals surface area contributed by atoms with Gasteiger partial charge >= 0.3 is 17.1 Å². The van der Waals surface area contributed by atoms with E-state index in [1.807, 2.05) is 36.4 Å². The number of aryl methyl sites for hydroxylation is 2. The van der Waals surface area contributed by atoms with E-state index in [-0.39, 0.29) is 28.6 Å². The molecule has 0 amide bonds. The summed E-state index contributed by atoms with van der Waals surface area (Å²) in [6.45, 7) is 4.48. The van der Waals surface area contributed by atoms with Crippen molar-refractivity contribution in [1.82, 2.24) is 0 Å². The van der Waals surface area contributed by atoms with Crippen LogP contribution >= 0.6 is 0 Å². The van der Waals surface area contributed by atoms with E-state index < -0.39 is 0 Å². The van der Waals surface area contributed by atoms with Crippen molar-refractivity contribution in [3.05, 3.63) is 59.7 Å². The fourth-order valence-electron chi connectivity index (χ4n) is 3.97. The van der Waals surface area contributed by atoms with Gasteiger partial charge in [-0.25, -0.2) is 0 Å². The predicted octanol–water partition coefficient (Wildman–Crippen LogP) is 8.10. The van der Waals surface area contributed by atoms with Gasteiger partial charge in [-0.1, -0.05) is 151 Å². The first kappa shape index (κ1) is 31.6. The molecule has 0 heterocycles. The van der Waals surface area contributed by atoms with Crippen molar-refractivity contribution >= 4 is 0 Å². The van der Waals surface area contributed by atoms with Gasteiger partial charge in [0.15, 0.2) is 0 Å². The van der Waals surface area contributed by atoms with Gasteiger partial charge in [0, 0.05) is 0 Å². The first-order valence-electron chi connectivity index (χ1n) is 13.2. The van der Waals surface area contributed by atoms with E-state index >= 15 is 0 Å². The van der Waals surface area contributed by atoms with Crippen LogP contribution in [0.25, 0.3) is 0 Å². The van der Waals surface area contributed by atoms with Crippen LogP contribution in [0.3, 0.4) is 0 Å². The SMILES string of the molecule is CCCCCCCCCc1ccccc1[O-].CCCCCCCCCc1ccccc1[O-].[Cu+2]. The molecular formula is C30H46CuO2. The number of para-hydroxylation sites is 2. The van der Waals surface area contributed by atoms with Gasteiger partial charge in [0.1, 0.15) is 0 Å². The van der Waals surface area contributed by atoms with E-state index in [4.69, 9.17) is 0 Å². The maximum absolute atomic E-state index is 11.4. The average Bonchev–Trinajstić information content (AvgIpc) is 2.80. The van der Waals surface area contributed by atoms with Crippen molar-refractivity contribution in [3.8, 4) is 11.5 Å². The van der Waals surface area contributed by atoms with Crippen molar-refractivity contribution in [2.24, 2.45) is 0 Å². The standard InChI is InChI=1S/2C15H24O.Cu/c2*1-2-3-4-5-6-7-8-11-14-12-9-10-13-15(14)16;/h2*9-10,12-13,16H,2-8,11H2,1H3;/q;;+2/p-2. The maximum Gasteiger partial charge on any atom is 2.00 e. The summed E-state index contributed by atoms with van der Waals surface area (Å²) < 4.78 is 0. The van der Waals surface area contributed by atoms with E-state index in [1.54, 1.807) is 12.1 Å². The first-order chi connectivity index (χ1) is 15.7. The quantitative estimate of drug-likeness (QED) is 0.172. The third kappa shape index (κ3) is 16.8. The van der Waals surface area contributed by atoms with Gasteiger partial charge in [-0.15, -0.1) is 11.5 Å². The van der Waals surface area contributed by atoms with Crippen LogP contribution in [0.1, 0.15) is 115 Å². The Hall–Kier alpha value is -1.44. The molecular weight excluding hydrogens is 456 g/mol. The van der Waals surface area contributed by atoms with Gasteiger partial charge in [-0.2, -0.15) is 0 Å². The molecule has 0 N–H and O–H groups in total. The van der Waals surface area contributed by atoms with Gasteiger partial charge in [0.05, 0.1) is 0 Å². The molecule has 0 spiro atoms. The van der Waals surface area contributed by atoms with E-state index in [9.17, 15) is 10.2 Å². The van der Waals surface area contributed by atoms with Crippen LogP contribution in [-0.4, -0.2) is 0 Å². The maximum atomic E-state index is 11.4. The molecule has 0 unspecified atom stereocenters. The fraction of sp³-hybridized carbons (Fsp3) is 0.600. The molecule has 33 heavy (non-hydrogen) atoms. The van der Waals surface area contributed by atoms with Gasteiger partial charge in [-0.3, -0.25) is 0 Å². The molecule has 2 rings (SSSR count). The zero-order valence-corrected chi connectivity index (χ0v) is 22.0. The van der Waals surface area contributed by atoms with Crippen molar-refractivity contribution in [1.29, 1.82) is 0 Å². The van der Waals surface area contributed by atoms with Crippen molar-refractivity contribution < 1.29 is 27.3 Å². The summed E-state index contributed by atoms with van der Waals surface area (Å²) in [4.78, 5) is 0. The Balaban J connectivity index is 0.000000602. The average molecular weight is 502 g/mol. The first-order valence-corrected chi connectivity index (χ1v) is 13.2. The molecule has 0 aliphatic rings. The minimum absolute atomic E-state index is 0. The second kappa shape index (κ2) is 22.4. The zero-order chi connectivity index (χ0) is 23.3. The predicted molar refractivity (Wildman–Crippen MR) is 135 cm³/mol. The Labute approximate surface area is 214 Å². The van der Waals surface area contributed by atoms with Crippen LogP contribution in [0.5, 0.6) is 11.5 Å². The summed E-state index contributed by atoms with van der Waals surface area (Å²) in [5, 5.41) is 22.8. The normalized spacial score (nSPS) is 10.2. The summed E-state index contributed by atoms with van der Waals surface area (Å²) in [6, 6.07) is 14.8. The molecule has 3 heteroatoms. The minimum Gasteiger partial charge on any atom is -0.872 e. The Morgan fingerprint density at radius 1 is 0.455 bits per heavy atom. The molecule has 0 saturated heterocycles. The molecule has 2 aromatic carbocycles. The van der Waals surface area contributed by atoms with Crippen LogP contribution in [0.2, 0.25) is 0 Å². The van der Waals surface area contributed by atoms with E-state index in [1.165, 1.54) is 77.0 Å². The number of benzene rings is 2. The molecule has 0 aliphatic heterocycles. The monoisotopic (exact) mass is 501 g/mol. The summed E-state index contributed by atoms with van der Waals surface area (Å²) in [5.41, 5.74) is 1.96. The second-order valence-electron chi connectivity index (χ2n) is 8.96. The van der Waals surface area contributed by atoms with Crippen LogP contribution in [0, 0.1) is 0 Å². The van der Waals surface area contributed by atoms with Crippen molar-refractivity contribution in [2.75, 3.05) is 0 Å². The van der Waals surface area contributed by atoms with E-state index in [2.05, 4.69) is 13.8 Å². The van der Waals surface area contributed by atoms with Crippen molar-refractivity contribution in [3.63, 3.8) is 0 Å². The number of hydrogen-bond donors (Lipinski definition) is 0. The van der Waals surface area contributed by atoms with Crippen LogP contribution in [0.15, 0.2) is 48.5 Å². The summed E-state index contributed by atoms with van der Waals surface area (Å²) in [7, 11) is 0. The molecule has 0 aliphatic carbocycles. The van der Waals surface area contributed by atoms with Gasteiger partial charge in [0.25, 0.3) is 0 Å². The zero-order valence-electron chi connectivity index (χ0n) is 21.1. The Morgan fingerprint density at radius 2 is 0.758 bits per heavy atom. The largest absolute Gasteiger partial charge is 2.00 e. The number of rotatable bonds is 16. The summed E-state index contributed by atoms with van der Waals surface area (Å²) >= 11 is 0. The van der Waals surface area contributed by atoms with Crippen molar-refractivity contribution in [2.45, 2.75) is 117 Å². The van der Waals surface area contributed by atoms with Crippen LogP contribution in [0.4, 0.5) is 0 Å². The molecule has 1 radical (unpaired) electrons. The molecule has 0 aromatic heterocycles. The molecule has 2 aromatic rings. The Morgan fingerprint density at radius 3 is 1.09 bits per heavy atom. The summed E-state index contributed by atoms with van der Waals surface area (Å²) in [5.74, 6) is 0.405. The Bertz CT molecular complexity index is 627. The van der Waals surface area contributed by atoms with E-state index in [0.717, 1.165) is 36.8 Å². The van der Waals surface area contributed by atoms with Gasteiger partial charge < -0.3 is 10.2 Å². The van der Waals surface area contributed by atoms with Gasteiger partial charge in [0.2, 0.25) is 0 Å². The third-order valence-corrected chi connectivity index (χ3v) is 6.04. The molecule has 2 nitrogen and oxygen atoms in total. The number of unbranched alkanes of at least 4 members (excludes halogenated alkanes) is 12. The Kier molecular flexibility index (Phi) is 21.4.